The molecule has 2 aromatic rings. The van der Waals surface area contributed by atoms with Crippen LogP contribution in [0.1, 0.15) is 28.8 Å². The summed E-state index contributed by atoms with van der Waals surface area (Å²) in [6.07, 6.45) is 5.17. The fourth-order valence-electron chi connectivity index (χ4n) is 3.97. The van der Waals surface area contributed by atoms with Crippen molar-refractivity contribution >= 4 is 27.5 Å². The third-order valence-corrected chi connectivity index (χ3v) is 7.71. The molecule has 0 saturated carbocycles. The van der Waals surface area contributed by atoms with Crippen molar-refractivity contribution in [3.63, 3.8) is 0 Å². The Bertz CT molecular complexity index is 1040. The summed E-state index contributed by atoms with van der Waals surface area (Å²) in [5.74, 6) is -0.194. The highest BCUT2D eigenvalue weighted by atomic mass is 35.5. The summed E-state index contributed by atoms with van der Waals surface area (Å²) in [7, 11) is -3.85. The van der Waals surface area contributed by atoms with Crippen LogP contribution in [0.15, 0.2) is 47.6 Å². The summed E-state index contributed by atoms with van der Waals surface area (Å²) < 4.78 is 33.6. The number of pyridine rings is 1. The molecular weight excluding hydrogens is 452 g/mol. The molecule has 1 amide bonds. The number of hydrogen-bond donors (Lipinski definition) is 1. The highest BCUT2D eigenvalue weighted by Gasteiger charge is 2.26. The van der Waals surface area contributed by atoms with Crippen molar-refractivity contribution in [1.29, 1.82) is 0 Å². The molecule has 1 N–H and O–H groups in total. The van der Waals surface area contributed by atoms with E-state index in [4.69, 9.17) is 16.3 Å². The Morgan fingerprint density at radius 3 is 2.59 bits per heavy atom. The molecule has 0 spiro atoms. The molecule has 10 heteroatoms. The number of carbonyl (C=O) groups is 1. The molecule has 2 fully saturated rings. The fraction of sp³-hybridized carbons (Fsp3) is 0.455. The van der Waals surface area contributed by atoms with Gasteiger partial charge in [0.1, 0.15) is 4.90 Å². The van der Waals surface area contributed by atoms with E-state index < -0.39 is 10.0 Å². The number of halogens is 1. The number of aromatic nitrogens is 1. The molecule has 0 radical (unpaired) electrons. The van der Waals surface area contributed by atoms with E-state index in [0.717, 1.165) is 32.5 Å². The van der Waals surface area contributed by atoms with Crippen molar-refractivity contribution < 1.29 is 17.9 Å². The summed E-state index contributed by atoms with van der Waals surface area (Å²) >= 11 is 6.18. The third kappa shape index (κ3) is 5.65. The minimum atomic E-state index is -3.85. The molecule has 1 atom stereocenters. The standard InChI is InChI=1S/C22H27ClN4O4S/c23-20-4-3-18(14-21(20)32(29,30)25-15-19-2-1-13-31-19)22(28)27-11-9-26(10-12-27)16-17-5-7-24-8-6-17/h3-8,14,19,25H,1-2,9-13,15-16H2. The Balaban J connectivity index is 1.38. The van der Waals surface area contributed by atoms with Crippen LogP contribution < -0.4 is 4.72 Å². The Kier molecular flexibility index (Phi) is 7.42. The van der Waals surface area contributed by atoms with Crippen LogP contribution in [0.25, 0.3) is 0 Å². The minimum absolute atomic E-state index is 0.0839. The molecule has 8 nitrogen and oxygen atoms in total. The molecule has 32 heavy (non-hydrogen) atoms. The second-order valence-corrected chi connectivity index (χ2v) is 10.2. The van der Waals surface area contributed by atoms with Gasteiger partial charge in [-0.3, -0.25) is 14.7 Å². The van der Waals surface area contributed by atoms with Gasteiger partial charge in [0, 0.05) is 63.8 Å². The molecular formula is C22H27ClN4O4S. The number of benzene rings is 1. The van der Waals surface area contributed by atoms with Crippen LogP contribution in [0.2, 0.25) is 5.02 Å². The Morgan fingerprint density at radius 1 is 1.16 bits per heavy atom. The van der Waals surface area contributed by atoms with Crippen LogP contribution >= 0.6 is 11.6 Å². The third-order valence-electron chi connectivity index (χ3n) is 5.81. The van der Waals surface area contributed by atoms with Gasteiger partial charge in [-0.2, -0.15) is 0 Å². The van der Waals surface area contributed by atoms with Gasteiger partial charge in [0.15, 0.2) is 0 Å². The number of carbonyl (C=O) groups excluding carboxylic acids is 1. The first-order chi connectivity index (χ1) is 15.4. The number of hydrogen-bond acceptors (Lipinski definition) is 6. The number of sulfonamides is 1. The lowest BCUT2D eigenvalue weighted by Crippen LogP contribution is -2.48. The SMILES string of the molecule is O=C(c1ccc(Cl)c(S(=O)(=O)NCC2CCCO2)c1)N1CCN(Cc2ccncc2)CC1. The largest absolute Gasteiger partial charge is 0.377 e. The number of nitrogens with zero attached hydrogens (tertiary/aromatic N) is 3. The zero-order valence-electron chi connectivity index (χ0n) is 17.7. The predicted octanol–water partition coefficient (Wildman–Crippen LogP) is 2.15. The van der Waals surface area contributed by atoms with Crippen LogP contribution in [0, 0.1) is 0 Å². The van der Waals surface area contributed by atoms with Gasteiger partial charge in [-0.15, -0.1) is 0 Å². The highest BCUT2D eigenvalue weighted by molar-refractivity contribution is 7.89. The molecule has 0 aliphatic carbocycles. The molecule has 1 unspecified atom stereocenters. The summed E-state index contributed by atoms with van der Waals surface area (Å²) in [5, 5.41) is 0.0866. The number of ether oxygens (including phenoxy) is 1. The van der Waals surface area contributed by atoms with Crippen LogP contribution in [-0.2, 0) is 21.3 Å². The van der Waals surface area contributed by atoms with E-state index in [0.29, 0.717) is 25.3 Å². The van der Waals surface area contributed by atoms with Crippen molar-refractivity contribution in [1.82, 2.24) is 19.5 Å². The van der Waals surface area contributed by atoms with E-state index in [1.807, 2.05) is 12.1 Å². The summed E-state index contributed by atoms with van der Waals surface area (Å²) in [6.45, 7) is 4.29. The van der Waals surface area contributed by atoms with Crippen molar-refractivity contribution in [3.8, 4) is 0 Å². The second kappa shape index (κ2) is 10.3. The zero-order chi connectivity index (χ0) is 22.6. The first kappa shape index (κ1) is 23.1. The maximum atomic E-state index is 13.0. The fourth-order valence-corrected chi connectivity index (χ4v) is 5.56. The van der Waals surface area contributed by atoms with E-state index in [1.165, 1.54) is 17.7 Å². The van der Waals surface area contributed by atoms with Crippen LogP contribution in [-0.4, -0.2) is 74.5 Å². The van der Waals surface area contributed by atoms with Gasteiger partial charge in [0.05, 0.1) is 11.1 Å². The molecule has 2 saturated heterocycles. The van der Waals surface area contributed by atoms with Crippen molar-refractivity contribution in [3.05, 3.63) is 58.9 Å². The molecule has 0 bridgehead atoms. The van der Waals surface area contributed by atoms with Crippen LogP contribution in [0.5, 0.6) is 0 Å². The van der Waals surface area contributed by atoms with E-state index in [9.17, 15) is 13.2 Å². The first-order valence-corrected chi connectivity index (χ1v) is 12.6. The maximum absolute atomic E-state index is 13.0. The van der Waals surface area contributed by atoms with E-state index in [1.54, 1.807) is 23.4 Å². The minimum Gasteiger partial charge on any atom is -0.377 e. The Labute approximate surface area is 193 Å². The van der Waals surface area contributed by atoms with Crippen LogP contribution in [0.4, 0.5) is 0 Å². The average Bonchev–Trinajstić information content (AvgIpc) is 3.33. The topological polar surface area (TPSA) is 91.8 Å². The van der Waals surface area contributed by atoms with Crippen LogP contribution in [0.3, 0.4) is 0 Å². The molecule has 1 aromatic carbocycles. The number of piperazine rings is 1. The smallest absolute Gasteiger partial charge is 0.253 e. The van der Waals surface area contributed by atoms with E-state index in [-0.39, 0.29) is 28.5 Å². The van der Waals surface area contributed by atoms with Crippen molar-refractivity contribution in [2.75, 3.05) is 39.3 Å². The van der Waals surface area contributed by atoms with Crippen molar-refractivity contribution in [2.45, 2.75) is 30.4 Å². The first-order valence-electron chi connectivity index (χ1n) is 10.7. The summed E-state index contributed by atoms with van der Waals surface area (Å²) in [6, 6.07) is 8.38. The number of rotatable bonds is 7. The van der Waals surface area contributed by atoms with Crippen molar-refractivity contribution in [2.24, 2.45) is 0 Å². The lowest BCUT2D eigenvalue weighted by Gasteiger charge is -2.34. The molecule has 2 aliphatic rings. The lowest BCUT2D eigenvalue weighted by molar-refractivity contribution is 0.0628. The zero-order valence-corrected chi connectivity index (χ0v) is 19.3. The van der Waals surface area contributed by atoms with E-state index in [2.05, 4.69) is 14.6 Å². The molecule has 172 valence electrons. The Morgan fingerprint density at radius 2 is 1.91 bits per heavy atom. The monoisotopic (exact) mass is 478 g/mol. The number of amides is 1. The predicted molar refractivity (Wildman–Crippen MR) is 121 cm³/mol. The summed E-state index contributed by atoms with van der Waals surface area (Å²) in [4.78, 5) is 21.0. The quantitative estimate of drug-likeness (QED) is 0.655. The van der Waals surface area contributed by atoms with Gasteiger partial charge in [0.25, 0.3) is 5.91 Å². The number of nitrogens with one attached hydrogen (secondary N) is 1. The molecule has 2 aliphatic heterocycles. The lowest BCUT2D eigenvalue weighted by atomic mass is 10.1. The average molecular weight is 479 g/mol. The highest BCUT2D eigenvalue weighted by Crippen LogP contribution is 2.24. The second-order valence-electron chi connectivity index (χ2n) is 8.06. The normalized spacial score (nSPS) is 19.9. The Hall–Kier alpha value is -2.04. The molecule has 4 rings (SSSR count). The van der Waals surface area contributed by atoms with Gasteiger partial charge in [-0.1, -0.05) is 11.6 Å². The van der Waals surface area contributed by atoms with Gasteiger partial charge < -0.3 is 9.64 Å². The van der Waals surface area contributed by atoms with E-state index >= 15 is 0 Å². The summed E-state index contributed by atoms with van der Waals surface area (Å²) in [5.41, 5.74) is 1.50. The van der Waals surface area contributed by atoms with Gasteiger partial charge in [-0.05, 0) is 48.7 Å². The van der Waals surface area contributed by atoms with Gasteiger partial charge in [-0.25, -0.2) is 13.1 Å². The molecule has 1 aromatic heterocycles. The van der Waals surface area contributed by atoms with Gasteiger partial charge >= 0.3 is 0 Å². The van der Waals surface area contributed by atoms with Gasteiger partial charge in [0.2, 0.25) is 10.0 Å². The maximum Gasteiger partial charge on any atom is 0.253 e. The molecule has 3 heterocycles.